The molecule has 21 nitrogen and oxygen atoms in total. The number of rotatable bonds is 72. The topological polar surface area (TPSA) is 205 Å². The number of aliphatic hydroxyl groups excluding tert-OH is 1. The second-order valence-electron chi connectivity index (χ2n) is 16.9. The average Bonchev–Trinajstić information content (AvgIpc) is 3.42. The molecule has 0 saturated heterocycles. The molecule has 0 aliphatic heterocycles. The van der Waals surface area contributed by atoms with E-state index >= 15 is 0 Å². The number of hydrogen-bond acceptors (Lipinski definition) is 21. The molecule has 0 aromatic rings. The van der Waals surface area contributed by atoms with E-state index in [0.29, 0.717) is 258 Å². The summed E-state index contributed by atoms with van der Waals surface area (Å²) in [4.78, 5) is 0. The Hall–Kier alpha value is -0.840. The second-order valence-corrected chi connectivity index (χ2v) is 16.9. The van der Waals surface area contributed by atoms with Crippen LogP contribution in [0.1, 0.15) is 84.0 Å². The molecule has 75 heavy (non-hydrogen) atoms. The van der Waals surface area contributed by atoms with Gasteiger partial charge in [0, 0.05) is 6.61 Å². The molecular formula is C54H110O21. The summed E-state index contributed by atoms with van der Waals surface area (Å²) in [5, 5.41) is 8.61. The highest BCUT2D eigenvalue weighted by molar-refractivity contribution is 4.49. The first-order valence-corrected chi connectivity index (χ1v) is 28.6. The lowest BCUT2D eigenvalue weighted by Gasteiger charge is -2.09. The van der Waals surface area contributed by atoms with Crippen molar-refractivity contribution in [1.29, 1.82) is 0 Å². The van der Waals surface area contributed by atoms with Crippen molar-refractivity contribution in [3.05, 3.63) is 0 Å². The minimum Gasteiger partial charge on any atom is -0.394 e. The maximum Gasteiger partial charge on any atom is 0.0701 e. The molecule has 0 rings (SSSR count). The quantitative estimate of drug-likeness (QED) is 0.0795. The lowest BCUT2D eigenvalue weighted by atomic mass is 10.1. The van der Waals surface area contributed by atoms with Crippen LogP contribution in [-0.4, -0.2) is 276 Å². The van der Waals surface area contributed by atoms with Gasteiger partial charge >= 0.3 is 0 Å². The molecule has 1 N–H and O–H groups in total. The summed E-state index contributed by atoms with van der Waals surface area (Å²) in [6, 6.07) is 0. The molecule has 0 unspecified atom stereocenters. The van der Waals surface area contributed by atoms with Gasteiger partial charge in [-0.05, 0) is 6.42 Å². The fraction of sp³-hybridized carbons (Fsp3) is 1.00. The van der Waals surface area contributed by atoms with E-state index in [9.17, 15) is 0 Å². The Bertz CT molecular complexity index is 896. The lowest BCUT2D eigenvalue weighted by molar-refractivity contribution is -0.0315. The van der Waals surface area contributed by atoms with Gasteiger partial charge in [0.25, 0.3) is 0 Å². The van der Waals surface area contributed by atoms with Crippen LogP contribution >= 0.6 is 0 Å². The van der Waals surface area contributed by atoms with Gasteiger partial charge < -0.3 is 99.8 Å². The molecule has 0 radical (unpaired) electrons. The molecule has 0 atom stereocenters. The highest BCUT2D eigenvalue weighted by atomic mass is 16.6. The fourth-order valence-corrected chi connectivity index (χ4v) is 6.39. The van der Waals surface area contributed by atoms with E-state index in [1.165, 1.54) is 70.6 Å². The first-order valence-electron chi connectivity index (χ1n) is 28.6. The first kappa shape index (κ1) is 74.2. The minimum absolute atomic E-state index is 0.0202. The van der Waals surface area contributed by atoms with E-state index in [4.69, 9.17) is 99.8 Å². The molecule has 452 valence electrons. The Morgan fingerprint density at radius 3 is 0.413 bits per heavy atom. The largest absolute Gasteiger partial charge is 0.394 e. The highest BCUT2D eigenvalue weighted by Gasteiger charge is 2.00. The van der Waals surface area contributed by atoms with Crippen molar-refractivity contribution in [2.75, 3.05) is 271 Å². The van der Waals surface area contributed by atoms with E-state index in [1.54, 1.807) is 0 Å². The van der Waals surface area contributed by atoms with Crippen LogP contribution in [0.25, 0.3) is 0 Å². The summed E-state index contributed by atoms with van der Waals surface area (Å²) < 4.78 is 110. The second kappa shape index (κ2) is 73.2. The first-order chi connectivity index (χ1) is 37.4. The normalized spacial score (nSPS) is 11.8. The van der Waals surface area contributed by atoms with Gasteiger partial charge in [-0.1, -0.05) is 77.6 Å². The summed E-state index contributed by atoms with van der Waals surface area (Å²) in [7, 11) is 0. The molecule has 0 aromatic heterocycles. The number of aliphatic hydroxyl groups is 1. The zero-order chi connectivity index (χ0) is 53.6. The molecule has 0 amide bonds. The number of hydrogen-bond donors (Lipinski definition) is 1. The van der Waals surface area contributed by atoms with Gasteiger partial charge in [-0.15, -0.1) is 0 Å². The number of ether oxygens (including phenoxy) is 20. The Kier molecular flexibility index (Phi) is 72.3. The van der Waals surface area contributed by atoms with Crippen LogP contribution in [0.2, 0.25) is 0 Å². The lowest BCUT2D eigenvalue weighted by Crippen LogP contribution is -2.16. The van der Waals surface area contributed by atoms with Gasteiger partial charge in [0.1, 0.15) is 0 Å². The van der Waals surface area contributed by atoms with Gasteiger partial charge in [0.2, 0.25) is 0 Å². The third-order valence-corrected chi connectivity index (χ3v) is 10.4. The Balaban J connectivity index is 3.07. The molecule has 0 aromatic carbocycles. The van der Waals surface area contributed by atoms with E-state index in [2.05, 4.69) is 6.92 Å². The molecule has 21 heteroatoms. The van der Waals surface area contributed by atoms with E-state index in [1.807, 2.05) is 0 Å². The third kappa shape index (κ3) is 73.2. The van der Waals surface area contributed by atoms with Crippen LogP contribution in [0.15, 0.2) is 0 Å². The Morgan fingerprint density at radius 2 is 0.267 bits per heavy atom. The van der Waals surface area contributed by atoms with Crippen LogP contribution in [0.4, 0.5) is 0 Å². The molecular weight excluding hydrogens is 985 g/mol. The molecule has 0 saturated carbocycles. The Labute approximate surface area is 453 Å². The third-order valence-electron chi connectivity index (χ3n) is 10.4. The van der Waals surface area contributed by atoms with Crippen molar-refractivity contribution >= 4 is 0 Å². The van der Waals surface area contributed by atoms with Gasteiger partial charge in [-0.3, -0.25) is 0 Å². The van der Waals surface area contributed by atoms with Crippen molar-refractivity contribution in [2.45, 2.75) is 84.0 Å². The van der Waals surface area contributed by atoms with Crippen LogP contribution < -0.4 is 0 Å². The van der Waals surface area contributed by atoms with Gasteiger partial charge in [-0.2, -0.15) is 0 Å². The molecule has 0 spiro atoms. The SMILES string of the molecule is CCCCCCCCCCCCCCOCCOCCOCCOCCOCCOCCOCCOCCOCCOCCOCCOCCOCCOCCOCCOCCOCCOCCOCCOCCO. The molecule has 0 heterocycles. The predicted molar refractivity (Wildman–Crippen MR) is 285 cm³/mol. The minimum atomic E-state index is 0.0202. The number of unbranched alkanes of at least 4 members (excludes halogenated alkanes) is 11. The summed E-state index contributed by atoms with van der Waals surface area (Å²) in [5.41, 5.74) is 0. The summed E-state index contributed by atoms with van der Waals surface area (Å²) in [6.07, 6.45) is 16.3. The van der Waals surface area contributed by atoms with Crippen molar-refractivity contribution in [2.24, 2.45) is 0 Å². The Morgan fingerprint density at radius 1 is 0.147 bits per heavy atom. The van der Waals surface area contributed by atoms with Gasteiger partial charge in [0.15, 0.2) is 0 Å². The smallest absolute Gasteiger partial charge is 0.0701 e. The predicted octanol–water partition coefficient (Wildman–Crippen LogP) is 5.01. The van der Waals surface area contributed by atoms with Crippen molar-refractivity contribution in [3.8, 4) is 0 Å². The standard InChI is InChI=1S/C54H110O21/c1-2-3-4-5-6-7-8-9-10-11-12-13-15-56-17-19-58-21-23-60-25-27-62-29-31-64-33-35-66-37-39-68-41-43-70-45-47-72-49-51-74-53-54-75-52-50-73-48-46-71-44-42-69-40-38-67-36-34-65-32-30-63-28-26-61-24-22-59-20-18-57-16-14-55/h55H,2-54H2,1H3. The van der Waals surface area contributed by atoms with Gasteiger partial charge in [0.05, 0.1) is 264 Å². The highest BCUT2D eigenvalue weighted by Crippen LogP contribution is 2.12. The molecule has 0 bridgehead atoms. The van der Waals surface area contributed by atoms with E-state index < -0.39 is 0 Å². The summed E-state index contributed by atoms with van der Waals surface area (Å²) in [6.45, 7) is 22.7. The van der Waals surface area contributed by atoms with E-state index in [-0.39, 0.29) is 6.61 Å². The van der Waals surface area contributed by atoms with E-state index in [0.717, 1.165) is 13.0 Å². The molecule has 0 aliphatic rings. The van der Waals surface area contributed by atoms with Crippen molar-refractivity contribution < 1.29 is 99.8 Å². The average molecular weight is 1100 g/mol. The van der Waals surface area contributed by atoms with Gasteiger partial charge in [-0.25, -0.2) is 0 Å². The van der Waals surface area contributed by atoms with Crippen LogP contribution in [0, 0.1) is 0 Å². The summed E-state index contributed by atoms with van der Waals surface area (Å²) >= 11 is 0. The fourth-order valence-electron chi connectivity index (χ4n) is 6.39. The maximum absolute atomic E-state index is 8.61. The van der Waals surface area contributed by atoms with Crippen molar-refractivity contribution in [1.82, 2.24) is 0 Å². The van der Waals surface area contributed by atoms with Crippen LogP contribution in [-0.2, 0) is 94.7 Å². The van der Waals surface area contributed by atoms with Crippen molar-refractivity contribution in [3.63, 3.8) is 0 Å². The van der Waals surface area contributed by atoms with Crippen LogP contribution in [0.5, 0.6) is 0 Å². The molecule has 0 fully saturated rings. The molecule has 0 aliphatic carbocycles. The summed E-state index contributed by atoms with van der Waals surface area (Å²) in [5.74, 6) is 0. The zero-order valence-electron chi connectivity index (χ0n) is 47.1. The maximum atomic E-state index is 8.61. The van der Waals surface area contributed by atoms with Crippen LogP contribution in [0.3, 0.4) is 0 Å². The monoisotopic (exact) mass is 1090 g/mol. The zero-order valence-corrected chi connectivity index (χ0v) is 47.1.